The van der Waals surface area contributed by atoms with Crippen LogP contribution in [-0.2, 0) is 25.9 Å². The van der Waals surface area contributed by atoms with Gasteiger partial charge in [0.05, 0.1) is 5.69 Å². The molecule has 6 heteroatoms. The number of β-amino-alcohol motifs (C(OH)–C–C–N with tert-alkyl or cyclic N) is 1. The number of nitrogens with zero attached hydrogens (tertiary/aromatic N) is 3. The van der Waals surface area contributed by atoms with Gasteiger partial charge in [-0.3, -0.25) is 10.00 Å². The SMILES string of the molecule is OC(COc1cccc(N2CCc3[nH]nc(-c4ccccc4)c3C2)c1)CN1CCc2ccccc2C1. The Balaban J connectivity index is 1.07. The van der Waals surface area contributed by atoms with E-state index in [4.69, 9.17) is 4.74 Å². The summed E-state index contributed by atoms with van der Waals surface area (Å²) < 4.78 is 6.04. The lowest BCUT2D eigenvalue weighted by atomic mass is 10.00. The van der Waals surface area contributed by atoms with Gasteiger partial charge in [0.2, 0.25) is 0 Å². The Morgan fingerprint density at radius 3 is 2.61 bits per heavy atom. The maximum Gasteiger partial charge on any atom is 0.121 e. The largest absolute Gasteiger partial charge is 0.491 e. The molecule has 36 heavy (non-hydrogen) atoms. The molecule has 0 radical (unpaired) electrons. The number of benzene rings is 3. The lowest BCUT2D eigenvalue weighted by Gasteiger charge is -2.30. The van der Waals surface area contributed by atoms with Crippen LogP contribution in [0.3, 0.4) is 0 Å². The molecule has 6 rings (SSSR count). The molecule has 0 bridgehead atoms. The predicted octanol–water partition coefficient (Wildman–Crippen LogP) is 4.44. The molecule has 2 aliphatic rings. The molecule has 0 fully saturated rings. The van der Waals surface area contributed by atoms with Gasteiger partial charge in [-0.2, -0.15) is 5.10 Å². The first-order valence-electron chi connectivity index (χ1n) is 12.8. The highest BCUT2D eigenvalue weighted by molar-refractivity contribution is 5.66. The lowest BCUT2D eigenvalue weighted by molar-refractivity contribution is 0.0638. The zero-order valence-corrected chi connectivity index (χ0v) is 20.4. The topological polar surface area (TPSA) is 64.6 Å². The van der Waals surface area contributed by atoms with Crippen molar-refractivity contribution in [3.8, 4) is 17.0 Å². The van der Waals surface area contributed by atoms with Crippen molar-refractivity contribution in [3.63, 3.8) is 0 Å². The van der Waals surface area contributed by atoms with Gasteiger partial charge in [0.15, 0.2) is 0 Å². The molecule has 2 aliphatic heterocycles. The van der Waals surface area contributed by atoms with Gasteiger partial charge in [-0.15, -0.1) is 0 Å². The van der Waals surface area contributed by atoms with Gasteiger partial charge in [-0.05, 0) is 29.7 Å². The van der Waals surface area contributed by atoms with Crippen molar-refractivity contribution < 1.29 is 9.84 Å². The summed E-state index contributed by atoms with van der Waals surface area (Å²) in [6.07, 6.45) is 1.43. The molecule has 1 unspecified atom stereocenters. The van der Waals surface area contributed by atoms with Crippen molar-refractivity contribution in [2.24, 2.45) is 0 Å². The molecular formula is C30H32N4O2. The van der Waals surface area contributed by atoms with Crippen molar-refractivity contribution in [2.45, 2.75) is 32.0 Å². The van der Waals surface area contributed by atoms with Crippen molar-refractivity contribution >= 4 is 5.69 Å². The van der Waals surface area contributed by atoms with E-state index in [0.29, 0.717) is 6.54 Å². The minimum Gasteiger partial charge on any atom is -0.491 e. The number of fused-ring (bicyclic) bond motifs is 2. The third-order valence-corrected chi connectivity index (χ3v) is 7.28. The number of aromatic nitrogens is 2. The van der Waals surface area contributed by atoms with Crippen LogP contribution in [0.1, 0.15) is 22.4 Å². The number of aromatic amines is 1. The van der Waals surface area contributed by atoms with E-state index in [1.54, 1.807) is 0 Å². The molecule has 2 N–H and O–H groups in total. The average molecular weight is 481 g/mol. The fourth-order valence-electron chi connectivity index (χ4n) is 5.37. The monoisotopic (exact) mass is 480 g/mol. The van der Waals surface area contributed by atoms with E-state index < -0.39 is 6.10 Å². The first kappa shape index (κ1) is 22.8. The zero-order chi connectivity index (χ0) is 24.3. The predicted molar refractivity (Wildman–Crippen MR) is 142 cm³/mol. The standard InChI is InChI=1S/C30H32N4O2/c35-26(19-33-15-13-22-7-4-5-10-24(22)18-33)21-36-27-12-6-11-25(17-27)34-16-14-29-28(20-34)30(32-31-29)23-8-2-1-3-9-23/h1-12,17,26,35H,13-16,18-21H2,(H,31,32). The number of hydrogen-bond acceptors (Lipinski definition) is 5. The summed E-state index contributed by atoms with van der Waals surface area (Å²) in [4.78, 5) is 4.69. The Hall–Kier alpha value is -3.61. The highest BCUT2D eigenvalue weighted by Gasteiger charge is 2.23. The van der Waals surface area contributed by atoms with Crippen molar-refractivity contribution in [1.82, 2.24) is 15.1 Å². The van der Waals surface area contributed by atoms with Gasteiger partial charge in [-0.1, -0.05) is 60.7 Å². The summed E-state index contributed by atoms with van der Waals surface area (Å²) in [7, 11) is 0. The number of aliphatic hydroxyl groups is 1. The number of ether oxygens (including phenoxy) is 1. The maximum absolute atomic E-state index is 10.7. The van der Waals surface area contributed by atoms with Crippen molar-refractivity contribution in [2.75, 3.05) is 31.1 Å². The molecule has 1 atom stereocenters. The van der Waals surface area contributed by atoms with Crippen LogP contribution in [0.4, 0.5) is 5.69 Å². The van der Waals surface area contributed by atoms with Crippen LogP contribution >= 0.6 is 0 Å². The quantitative estimate of drug-likeness (QED) is 0.410. The fraction of sp³-hybridized carbons (Fsp3) is 0.300. The summed E-state index contributed by atoms with van der Waals surface area (Å²) in [5.41, 5.74) is 8.57. The molecular weight excluding hydrogens is 448 g/mol. The summed E-state index contributed by atoms with van der Waals surface area (Å²) in [6, 6.07) is 27.1. The summed E-state index contributed by atoms with van der Waals surface area (Å²) in [5.74, 6) is 0.789. The molecule has 6 nitrogen and oxygen atoms in total. The van der Waals surface area contributed by atoms with Crippen LogP contribution in [0, 0.1) is 0 Å². The van der Waals surface area contributed by atoms with Gasteiger partial charge in [0.25, 0.3) is 0 Å². The number of hydrogen-bond donors (Lipinski definition) is 2. The van der Waals surface area contributed by atoms with Gasteiger partial charge >= 0.3 is 0 Å². The van der Waals surface area contributed by atoms with Crippen molar-refractivity contribution in [3.05, 3.63) is 101 Å². The van der Waals surface area contributed by atoms with E-state index in [1.165, 1.54) is 22.4 Å². The number of rotatable bonds is 7. The normalized spacial score (nSPS) is 16.3. The van der Waals surface area contributed by atoms with E-state index in [0.717, 1.165) is 61.7 Å². The molecule has 4 aromatic rings. The minimum atomic E-state index is -0.532. The maximum atomic E-state index is 10.7. The molecule has 184 valence electrons. The van der Waals surface area contributed by atoms with Crippen LogP contribution in [0.2, 0.25) is 0 Å². The second-order valence-electron chi connectivity index (χ2n) is 9.78. The second kappa shape index (κ2) is 10.2. The van der Waals surface area contributed by atoms with E-state index in [1.807, 2.05) is 18.2 Å². The summed E-state index contributed by atoms with van der Waals surface area (Å²) in [6.45, 7) is 4.49. The van der Waals surface area contributed by atoms with E-state index >= 15 is 0 Å². The first-order chi connectivity index (χ1) is 17.7. The number of anilines is 1. The lowest BCUT2D eigenvalue weighted by Crippen LogP contribution is -2.38. The first-order valence-corrected chi connectivity index (χ1v) is 12.8. The van der Waals surface area contributed by atoms with E-state index in [-0.39, 0.29) is 6.61 Å². The number of aliphatic hydroxyl groups excluding tert-OH is 1. The third kappa shape index (κ3) is 4.87. The van der Waals surface area contributed by atoms with Crippen molar-refractivity contribution in [1.29, 1.82) is 0 Å². The molecule has 0 saturated carbocycles. The van der Waals surface area contributed by atoms with Gasteiger partial charge in [0, 0.05) is 67.7 Å². The van der Waals surface area contributed by atoms with Crippen LogP contribution in [0.15, 0.2) is 78.9 Å². The average Bonchev–Trinajstić information content (AvgIpc) is 3.36. The third-order valence-electron chi connectivity index (χ3n) is 7.28. The Labute approximate surface area is 212 Å². The molecule has 1 aromatic heterocycles. The Morgan fingerprint density at radius 1 is 0.889 bits per heavy atom. The molecule has 0 spiro atoms. The fourth-order valence-corrected chi connectivity index (χ4v) is 5.37. The summed E-state index contributed by atoms with van der Waals surface area (Å²) >= 11 is 0. The molecule has 0 amide bonds. The number of H-pyrrole nitrogens is 1. The highest BCUT2D eigenvalue weighted by Crippen LogP contribution is 2.32. The van der Waals surface area contributed by atoms with Crippen LogP contribution in [0.5, 0.6) is 5.75 Å². The van der Waals surface area contributed by atoms with E-state index in [9.17, 15) is 5.11 Å². The van der Waals surface area contributed by atoms with Crippen LogP contribution in [0.25, 0.3) is 11.3 Å². The Morgan fingerprint density at radius 2 is 1.72 bits per heavy atom. The smallest absolute Gasteiger partial charge is 0.121 e. The highest BCUT2D eigenvalue weighted by atomic mass is 16.5. The van der Waals surface area contributed by atoms with Gasteiger partial charge in [-0.25, -0.2) is 0 Å². The van der Waals surface area contributed by atoms with Gasteiger partial charge in [0.1, 0.15) is 18.5 Å². The molecule has 0 aliphatic carbocycles. The molecule has 3 aromatic carbocycles. The zero-order valence-electron chi connectivity index (χ0n) is 20.4. The molecule has 3 heterocycles. The van der Waals surface area contributed by atoms with Gasteiger partial charge < -0.3 is 14.7 Å². The summed E-state index contributed by atoms with van der Waals surface area (Å²) in [5, 5.41) is 18.5. The van der Waals surface area contributed by atoms with Crippen LogP contribution < -0.4 is 9.64 Å². The Bertz CT molecular complexity index is 1320. The van der Waals surface area contributed by atoms with E-state index in [2.05, 4.69) is 80.7 Å². The number of nitrogens with one attached hydrogen (secondary N) is 1. The molecule has 0 saturated heterocycles. The minimum absolute atomic E-state index is 0.283. The Kier molecular flexibility index (Phi) is 6.45. The van der Waals surface area contributed by atoms with Crippen LogP contribution in [-0.4, -0.2) is 52.5 Å². The second-order valence-corrected chi connectivity index (χ2v) is 9.78.